The molecule has 1 aliphatic heterocycles. The van der Waals surface area contributed by atoms with E-state index in [2.05, 4.69) is 5.32 Å². The summed E-state index contributed by atoms with van der Waals surface area (Å²) in [6.45, 7) is 0. The Labute approximate surface area is 94.6 Å². The molecule has 1 aromatic carbocycles. The summed E-state index contributed by atoms with van der Waals surface area (Å²) in [5, 5.41) is 3.21. The predicted octanol–water partition coefficient (Wildman–Crippen LogP) is 1.81. The second kappa shape index (κ2) is 4.41. The third-order valence-electron chi connectivity index (χ3n) is 2.77. The summed E-state index contributed by atoms with van der Waals surface area (Å²) < 4.78 is 35.1. The fourth-order valence-corrected chi connectivity index (χ4v) is 3.31. The number of sulfone groups is 1. The van der Waals surface area contributed by atoms with Gasteiger partial charge in [-0.3, -0.25) is 0 Å². The van der Waals surface area contributed by atoms with Crippen molar-refractivity contribution in [2.45, 2.75) is 18.9 Å². The molecule has 0 radical (unpaired) electrons. The standard InChI is InChI=1S/C11H14FNO2S/c12-9-1-3-10(4-2-9)13-11-5-7-16(14,15)8-6-11/h1-4,11,13H,5-8H2. The molecule has 88 valence electrons. The lowest BCUT2D eigenvalue weighted by molar-refractivity contribution is 0.559. The number of nitrogens with one attached hydrogen (secondary N) is 1. The van der Waals surface area contributed by atoms with Crippen LogP contribution in [0.5, 0.6) is 0 Å². The summed E-state index contributed by atoms with van der Waals surface area (Å²) in [4.78, 5) is 0. The maximum absolute atomic E-state index is 12.7. The molecule has 0 spiro atoms. The molecule has 0 aliphatic carbocycles. The second-order valence-corrected chi connectivity index (χ2v) is 6.38. The Kier molecular flexibility index (Phi) is 3.14. The van der Waals surface area contributed by atoms with E-state index < -0.39 is 9.84 Å². The SMILES string of the molecule is O=S1(=O)CCC(Nc2ccc(F)cc2)CC1. The summed E-state index contributed by atoms with van der Waals surface area (Å²) >= 11 is 0. The minimum absolute atomic E-state index is 0.175. The number of hydrogen-bond acceptors (Lipinski definition) is 3. The topological polar surface area (TPSA) is 46.2 Å². The van der Waals surface area contributed by atoms with Crippen LogP contribution in [0, 0.1) is 5.82 Å². The normalized spacial score (nSPS) is 20.6. The van der Waals surface area contributed by atoms with Crippen molar-refractivity contribution >= 4 is 15.5 Å². The molecular formula is C11H14FNO2S. The highest BCUT2D eigenvalue weighted by atomic mass is 32.2. The molecular weight excluding hydrogens is 229 g/mol. The van der Waals surface area contributed by atoms with Crippen LogP contribution in [-0.2, 0) is 9.84 Å². The van der Waals surface area contributed by atoms with Crippen molar-refractivity contribution in [3.63, 3.8) is 0 Å². The molecule has 1 heterocycles. The highest BCUT2D eigenvalue weighted by molar-refractivity contribution is 7.91. The Morgan fingerprint density at radius 2 is 1.69 bits per heavy atom. The van der Waals surface area contributed by atoms with Crippen molar-refractivity contribution in [1.29, 1.82) is 0 Å². The molecule has 16 heavy (non-hydrogen) atoms. The molecule has 1 aliphatic rings. The van der Waals surface area contributed by atoms with Gasteiger partial charge in [-0.05, 0) is 37.1 Å². The molecule has 0 bridgehead atoms. The number of rotatable bonds is 2. The van der Waals surface area contributed by atoms with Crippen LogP contribution in [0.25, 0.3) is 0 Å². The van der Waals surface area contributed by atoms with Crippen LogP contribution >= 0.6 is 0 Å². The van der Waals surface area contributed by atoms with E-state index in [0.717, 1.165) is 5.69 Å². The monoisotopic (exact) mass is 243 g/mol. The quantitative estimate of drug-likeness (QED) is 0.861. The van der Waals surface area contributed by atoms with E-state index in [9.17, 15) is 12.8 Å². The molecule has 1 N–H and O–H groups in total. The third kappa shape index (κ3) is 2.95. The van der Waals surface area contributed by atoms with E-state index in [4.69, 9.17) is 0 Å². The fourth-order valence-electron chi connectivity index (χ4n) is 1.82. The molecule has 0 amide bonds. The molecule has 0 atom stereocenters. The first-order chi connectivity index (χ1) is 7.55. The van der Waals surface area contributed by atoms with Crippen LogP contribution in [0.4, 0.5) is 10.1 Å². The van der Waals surface area contributed by atoms with Crippen LogP contribution in [0.3, 0.4) is 0 Å². The van der Waals surface area contributed by atoms with Crippen LogP contribution < -0.4 is 5.32 Å². The number of anilines is 1. The Morgan fingerprint density at radius 3 is 2.25 bits per heavy atom. The lowest BCUT2D eigenvalue weighted by atomic mass is 10.1. The molecule has 2 rings (SSSR count). The molecule has 0 unspecified atom stereocenters. The van der Waals surface area contributed by atoms with Crippen LogP contribution in [-0.4, -0.2) is 26.0 Å². The van der Waals surface area contributed by atoms with Gasteiger partial charge in [-0.1, -0.05) is 0 Å². The fraction of sp³-hybridized carbons (Fsp3) is 0.455. The van der Waals surface area contributed by atoms with Crippen molar-refractivity contribution in [2.75, 3.05) is 16.8 Å². The zero-order valence-electron chi connectivity index (χ0n) is 8.82. The average Bonchev–Trinajstić information content (AvgIpc) is 2.24. The van der Waals surface area contributed by atoms with E-state index in [-0.39, 0.29) is 23.4 Å². The highest BCUT2D eigenvalue weighted by Crippen LogP contribution is 2.17. The van der Waals surface area contributed by atoms with Gasteiger partial charge in [0.1, 0.15) is 15.7 Å². The Hall–Kier alpha value is -1.10. The largest absolute Gasteiger partial charge is 0.382 e. The van der Waals surface area contributed by atoms with Gasteiger partial charge in [0.05, 0.1) is 11.5 Å². The van der Waals surface area contributed by atoms with Crippen molar-refractivity contribution in [3.8, 4) is 0 Å². The van der Waals surface area contributed by atoms with Gasteiger partial charge in [-0.15, -0.1) is 0 Å². The molecule has 1 aromatic rings. The van der Waals surface area contributed by atoms with Gasteiger partial charge in [0.2, 0.25) is 0 Å². The molecule has 1 fully saturated rings. The van der Waals surface area contributed by atoms with Gasteiger partial charge < -0.3 is 5.32 Å². The first-order valence-corrected chi connectivity index (χ1v) is 7.10. The smallest absolute Gasteiger partial charge is 0.150 e. The zero-order valence-corrected chi connectivity index (χ0v) is 9.63. The summed E-state index contributed by atoms with van der Waals surface area (Å²) in [5.41, 5.74) is 0.839. The van der Waals surface area contributed by atoms with Gasteiger partial charge in [-0.2, -0.15) is 0 Å². The molecule has 1 saturated heterocycles. The lowest BCUT2D eigenvalue weighted by Gasteiger charge is -2.23. The van der Waals surface area contributed by atoms with Crippen LogP contribution in [0.1, 0.15) is 12.8 Å². The molecule has 3 nitrogen and oxygen atoms in total. The number of hydrogen-bond donors (Lipinski definition) is 1. The maximum Gasteiger partial charge on any atom is 0.150 e. The maximum atomic E-state index is 12.7. The van der Waals surface area contributed by atoms with Gasteiger partial charge in [0.25, 0.3) is 0 Å². The van der Waals surface area contributed by atoms with E-state index in [1.807, 2.05) is 0 Å². The van der Waals surface area contributed by atoms with Gasteiger partial charge in [0, 0.05) is 11.7 Å². The van der Waals surface area contributed by atoms with Crippen molar-refractivity contribution < 1.29 is 12.8 Å². The van der Waals surface area contributed by atoms with E-state index >= 15 is 0 Å². The van der Waals surface area contributed by atoms with E-state index in [0.29, 0.717) is 12.8 Å². The average molecular weight is 243 g/mol. The van der Waals surface area contributed by atoms with Crippen molar-refractivity contribution in [3.05, 3.63) is 30.1 Å². The lowest BCUT2D eigenvalue weighted by Crippen LogP contribution is -2.32. The Morgan fingerprint density at radius 1 is 1.12 bits per heavy atom. The van der Waals surface area contributed by atoms with E-state index in [1.54, 1.807) is 12.1 Å². The summed E-state index contributed by atoms with van der Waals surface area (Å²) in [7, 11) is -2.81. The summed E-state index contributed by atoms with van der Waals surface area (Å²) in [5.74, 6) is 0.217. The van der Waals surface area contributed by atoms with Crippen LogP contribution in [0.2, 0.25) is 0 Å². The second-order valence-electron chi connectivity index (χ2n) is 4.08. The molecule has 0 saturated carbocycles. The predicted molar refractivity (Wildman–Crippen MR) is 61.7 cm³/mol. The molecule has 5 heteroatoms. The number of halogens is 1. The Balaban J connectivity index is 1.94. The van der Waals surface area contributed by atoms with Crippen LogP contribution in [0.15, 0.2) is 24.3 Å². The Bertz CT molecular complexity index is 441. The van der Waals surface area contributed by atoms with Crippen molar-refractivity contribution in [1.82, 2.24) is 0 Å². The van der Waals surface area contributed by atoms with Crippen molar-refractivity contribution in [2.24, 2.45) is 0 Å². The van der Waals surface area contributed by atoms with Gasteiger partial charge >= 0.3 is 0 Å². The minimum atomic E-state index is -2.81. The minimum Gasteiger partial charge on any atom is -0.382 e. The van der Waals surface area contributed by atoms with Gasteiger partial charge in [-0.25, -0.2) is 12.8 Å². The van der Waals surface area contributed by atoms with Gasteiger partial charge in [0.15, 0.2) is 0 Å². The summed E-state index contributed by atoms with van der Waals surface area (Å²) in [6, 6.07) is 6.29. The van der Waals surface area contributed by atoms with E-state index in [1.165, 1.54) is 12.1 Å². The third-order valence-corrected chi connectivity index (χ3v) is 4.49. The highest BCUT2D eigenvalue weighted by Gasteiger charge is 2.23. The first kappa shape index (κ1) is 11.4. The number of benzene rings is 1. The summed E-state index contributed by atoms with van der Waals surface area (Å²) in [6.07, 6.45) is 1.25. The zero-order chi connectivity index (χ0) is 11.6. The first-order valence-electron chi connectivity index (χ1n) is 5.28. The molecule has 0 aromatic heterocycles.